The van der Waals surface area contributed by atoms with Gasteiger partial charge in [-0.2, -0.15) is 0 Å². The number of hydrogen-bond acceptors (Lipinski definition) is 1. The van der Waals surface area contributed by atoms with Gasteiger partial charge in [-0.25, -0.2) is 0 Å². The monoisotopic (exact) mass is 428 g/mol. The van der Waals surface area contributed by atoms with Crippen molar-refractivity contribution >= 4 is 0 Å². The number of rotatable bonds is 6. The Kier molecular flexibility index (Phi) is 7.04. The van der Waals surface area contributed by atoms with Crippen LogP contribution in [0.5, 0.6) is 0 Å². The van der Waals surface area contributed by atoms with Crippen LogP contribution in [-0.2, 0) is 0 Å². The van der Waals surface area contributed by atoms with Crippen molar-refractivity contribution in [3.05, 3.63) is 12.2 Å². The zero-order chi connectivity index (χ0) is 22.4. The standard InChI is InChI=1S/C30H52O/c1-7-23(22(4)19-31)11-10-21(3)26-14-15-27-24-12-13-25-20(2)9-8-17-29(25,5)28(24)16-18-30(26,27)6/h10-11,20-28,31H,7-9,12-19H2,1-6H3/t20-,21-,22?,23?,24+,25?,26-,27+,28+,29+,30-/m1/s1. The maximum Gasteiger partial charge on any atom is 0.0462 e. The minimum atomic E-state index is 0.307. The van der Waals surface area contributed by atoms with Gasteiger partial charge < -0.3 is 5.11 Å². The Labute approximate surface area is 193 Å². The molecule has 0 radical (unpaired) electrons. The van der Waals surface area contributed by atoms with Crippen molar-refractivity contribution in [3.63, 3.8) is 0 Å². The first-order chi connectivity index (χ1) is 14.8. The molecular weight excluding hydrogens is 376 g/mol. The summed E-state index contributed by atoms with van der Waals surface area (Å²) < 4.78 is 0. The van der Waals surface area contributed by atoms with Gasteiger partial charge in [0, 0.05) is 6.61 Å². The normalized spacial score (nSPS) is 48.0. The van der Waals surface area contributed by atoms with E-state index >= 15 is 0 Å². The van der Waals surface area contributed by atoms with E-state index in [-0.39, 0.29) is 0 Å². The van der Waals surface area contributed by atoms with E-state index in [1.54, 1.807) is 0 Å². The van der Waals surface area contributed by atoms with Crippen LogP contribution in [0.3, 0.4) is 0 Å². The SMILES string of the molecule is CCC(C=C[C@@H](C)[C@H]1CC[C@H]2[C@@H]3CCC4[C@H](C)CCC[C@]4(C)[C@H]3CC[C@]12C)C(C)CO. The molecule has 0 spiro atoms. The zero-order valence-electron chi connectivity index (χ0n) is 21.6. The highest BCUT2D eigenvalue weighted by Gasteiger charge is 2.60. The zero-order valence-corrected chi connectivity index (χ0v) is 21.6. The molecule has 3 unspecified atom stereocenters. The van der Waals surface area contributed by atoms with Gasteiger partial charge in [-0.15, -0.1) is 0 Å². The van der Waals surface area contributed by atoms with Crippen molar-refractivity contribution < 1.29 is 5.11 Å². The summed E-state index contributed by atoms with van der Waals surface area (Å²) in [7, 11) is 0. The van der Waals surface area contributed by atoms with Crippen LogP contribution >= 0.6 is 0 Å². The first-order valence-corrected chi connectivity index (χ1v) is 14.0. The van der Waals surface area contributed by atoms with Crippen molar-refractivity contribution in [2.75, 3.05) is 6.61 Å². The third-order valence-electron chi connectivity index (χ3n) is 11.9. The van der Waals surface area contributed by atoms with Crippen LogP contribution in [0.15, 0.2) is 12.2 Å². The first kappa shape index (κ1) is 23.8. The summed E-state index contributed by atoms with van der Waals surface area (Å²) in [6, 6.07) is 0. The summed E-state index contributed by atoms with van der Waals surface area (Å²) in [5, 5.41) is 9.60. The Bertz CT molecular complexity index is 638. The van der Waals surface area contributed by atoms with Crippen molar-refractivity contribution in [1.29, 1.82) is 0 Å². The largest absolute Gasteiger partial charge is 0.396 e. The predicted molar refractivity (Wildman–Crippen MR) is 133 cm³/mol. The molecule has 4 rings (SSSR count). The van der Waals surface area contributed by atoms with Crippen molar-refractivity contribution in [3.8, 4) is 0 Å². The molecule has 11 atom stereocenters. The van der Waals surface area contributed by atoms with E-state index in [2.05, 4.69) is 53.7 Å². The van der Waals surface area contributed by atoms with Gasteiger partial charge >= 0.3 is 0 Å². The van der Waals surface area contributed by atoms with Crippen molar-refractivity contribution in [2.45, 2.75) is 106 Å². The molecule has 4 aliphatic rings. The summed E-state index contributed by atoms with van der Waals surface area (Å²) in [6.45, 7) is 15.2. The molecule has 0 saturated heterocycles. The quantitative estimate of drug-likeness (QED) is 0.423. The van der Waals surface area contributed by atoms with Gasteiger partial charge in [0.25, 0.3) is 0 Å². The van der Waals surface area contributed by atoms with Gasteiger partial charge in [0.05, 0.1) is 0 Å². The molecule has 31 heavy (non-hydrogen) atoms. The van der Waals surface area contributed by atoms with E-state index in [0.29, 0.717) is 35.2 Å². The molecule has 0 amide bonds. The molecule has 1 heteroatoms. The highest BCUT2D eigenvalue weighted by Crippen LogP contribution is 2.68. The molecule has 0 aromatic rings. The second-order valence-corrected chi connectivity index (χ2v) is 13.1. The summed E-state index contributed by atoms with van der Waals surface area (Å²) in [6.07, 6.45) is 19.6. The summed E-state index contributed by atoms with van der Waals surface area (Å²) in [4.78, 5) is 0. The third-order valence-corrected chi connectivity index (χ3v) is 11.9. The van der Waals surface area contributed by atoms with Crippen molar-refractivity contribution in [2.24, 2.45) is 64.1 Å². The Hall–Kier alpha value is -0.300. The number of aliphatic hydroxyl groups excluding tert-OH is 1. The molecule has 178 valence electrons. The lowest BCUT2D eigenvalue weighted by molar-refractivity contribution is -0.126. The lowest BCUT2D eigenvalue weighted by Crippen LogP contribution is -2.54. The highest BCUT2D eigenvalue weighted by atomic mass is 16.3. The second kappa shape index (κ2) is 9.15. The first-order valence-electron chi connectivity index (χ1n) is 14.0. The number of allylic oxidation sites excluding steroid dienone is 2. The van der Waals surface area contributed by atoms with Gasteiger partial charge in [0.15, 0.2) is 0 Å². The Morgan fingerprint density at radius 3 is 2.29 bits per heavy atom. The van der Waals surface area contributed by atoms with Crippen LogP contribution in [0, 0.1) is 64.1 Å². The minimum absolute atomic E-state index is 0.307. The lowest BCUT2D eigenvalue weighted by Gasteiger charge is -2.62. The molecule has 0 bridgehead atoms. The summed E-state index contributed by atoms with van der Waals surface area (Å²) in [5.41, 5.74) is 1.19. The highest BCUT2D eigenvalue weighted by molar-refractivity contribution is 5.11. The molecule has 4 saturated carbocycles. The minimum Gasteiger partial charge on any atom is -0.396 e. The fraction of sp³-hybridized carbons (Fsp3) is 0.933. The van der Waals surface area contributed by atoms with Gasteiger partial charge in [-0.1, -0.05) is 66.5 Å². The third kappa shape index (κ3) is 3.98. The van der Waals surface area contributed by atoms with Crippen LogP contribution < -0.4 is 0 Å². The Morgan fingerprint density at radius 1 is 0.871 bits per heavy atom. The maximum atomic E-state index is 9.60. The van der Waals surface area contributed by atoms with E-state index in [1.165, 1.54) is 57.8 Å². The van der Waals surface area contributed by atoms with E-state index in [9.17, 15) is 5.11 Å². The van der Waals surface area contributed by atoms with Gasteiger partial charge in [-0.05, 0) is 115 Å². The molecular formula is C30H52O. The molecule has 0 aliphatic heterocycles. The fourth-order valence-electron chi connectivity index (χ4n) is 10.0. The van der Waals surface area contributed by atoms with Crippen LogP contribution in [0.2, 0.25) is 0 Å². The summed E-state index contributed by atoms with van der Waals surface area (Å²) >= 11 is 0. The van der Waals surface area contributed by atoms with E-state index < -0.39 is 0 Å². The second-order valence-electron chi connectivity index (χ2n) is 13.1. The molecule has 4 fully saturated rings. The molecule has 4 aliphatic carbocycles. The van der Waals surface area contributed by atoms with Crippen molar-refractivity contribution in [1.82, 2.24) is 0 Å². The van der Waals surface area contributed by atoms with E-state index in [4.69, 9.17) is 0 Å². The average molecular weight is 429 g/mol. The Morgan fingerprint density at radius 2 is 1.58 bits per heavy atom. The summed E-state index contributed by atoms with van der Waals surface area (Å²) in [5.74, 6) is 7.38. The predicted octanol–water partition coefficient (Wildman–Crippen LogP) is 8.13. The topological polar surface area (TPSA) is 20.2 Å². The Balaban J connectivity index is 1.49. The molecule has 1 nitrogen and oxygen atoms in total. The van der Waals surface area contributed by atoms with Crippen LogP contribution in [0.25, 0.3) is 0 Å². The van der Waals surface area contributed by atoms with E-state index in [0.717, 1.165) is 41.9 Å². The molecule has 1 N–H and O–H groups in total. The van der Waals surface area contributed by atoms with Crippen LogP contribution in [-0.4, -0.2) is 11.7 Å². The maximum absolute atomic E-state index is 9.60. The van der Waals surface area contributed by atoms with Crippen LogP contribution in [0.1, 0.15) is 106 Å². The number of fused-ring (bicyclic) bond motifs is 5. The number of hydrogen-bond donors (Lipinski definition) is 1. The van der Waals surface area contributed by atoms with Gasteiger partial charge in [0.1, 0.15) is 0 Å². The van der Waals surface area contributed by atoms with Crippen LogP contribution in [0.4, 0.5) is 0 Å². The average Bonchev–Trinajstić information content (AvgIpc) is 3.11. The van der Waals surface area contributed by atoms with Gasteiger partial charge in [-0.3, -0.25) is 0 Å². The molecule has 0 aromatic heterocycles. The number of aliphatic hydroxyl groups is 1. The smallest absolute Gasteiger partial charge is 0.0462 e. The fourth-order valence-corrected chi connectivity index (χ4v) is 10.0. The van der Waals surface area contributed by atoms with E-state index in [1.807, 2.05) is 0 Å². The van der Waals surface area contributed by atoms with Gasteiger partial charge in [0.2, 0.25) is 0 Å². The molecule has 0 aromatic carbocycles. The molecule has 0 heterocycles. The lowest BCUT2D eigenvalue weighted by atomic mass is 9.43.